The van der Waals surface area contributed by atoms with Crippen LogP contribution < -0.4 is 5.32 Å². The topological polar surface area (TPSA) is 55.2 Å². The standard InChI is InChI=1S/C15H22N2O2S/c1-12-5-6-13(9-14(12)17(18)19)10-16-11-15(20-2)7-3-4-8-15/h5-6,9,16H,3-4,7-8,10-11H2,1-2H3. The van der Waals surface area contributed by atoms with Crippen molar-refractivity contribution >= 4 is 17.4 Å². The van der Waals surface area contributed by atoms with Gasteiger partial charge >= 0.3 is 0 Å². The van der Waals surface area contributed by atoms with Gasteiger partial charge in [-0.2, -0.15) is 11.8 Å². The first-order chi connectivity index (χ1) is 9.56. The molecule has 110 valence electrons. The zero-order valence-corrected chi connectivity index (χ0v) is 13.0. The van der Waals surface area contributed by atoms with Crippen LogP contribution in [0.4, 0.5) is 5.69 Å². The number of hydrogen-bond acceptors (Lipinski definition) is 4. The van der Waals surface area contributed by atoms with Crippen molar-refractivity contribution < 1.29 is 4.92 Å². The SMILES string of the molecule is CSC1(CNCc2ccc(C)c([N+](=O)[O-])c2)CCCC1. The van der Waals surface area contributed by atoms with Gasteiger partial charge < -0.3 is 5.32 Å². The monoisotopic (exact) mass is 294 g/mol. The maximum absolute atomic E-state index is 10.9. The highest BCUT2D eigenvalue weighted by molar-refractivity contribution is 8.00. The third kappa shape index (κ3) is 3.52. The van der Waals surface area contributed by atoms with Crippen LogP contribution in [0.15, 0.2) is 18.2 Å². The van der Waals surface area contributed by atoms with Crippen LogP contribution in [-0.2, 0) is 6.54 Å². The van der Waals surface area contributed by atoms with Gasteiger partial charge in [-0.25, -0.2) is 0 Å². The van der Waals surface area contributed by atoms with Gasteiger partial charge in [-0.05, 0) is 31.6 Å². The van der Waals surface area contributed by atoms with E-state index in [1.165, 1.54) is 25.7 Å². The summed E-state index contributed by atoms with van der Waals surface area (Å²) in [5, 5.41) is 14.4. The summed E-state index contributed by atoms with van der Waals surface area (Å²) in [6, 6.07) is 5.48. The second kappa shape index (κ2) is 6.59. The number of nitrogens with one attached hydrogen (secondary N) is 1. The van der Waals surface area contributed by atoms with E-state index in [9.17, 15) is 10.1 Å². The lowest BCUT2D eigenvalue weighted by Crippen LogP contribution is -2.34. The minimum absolute atomic E-state index is 0.213. The van der Waals surface area contributed by atoms with Crippen molar-refractivity contribution in [1.29, 1.82) is 0 Å². The largest absolute Gasteiger partial charge is 0.311 e. The first kappa shape index (κ1) is 15.3. The summed E-state index contributed by atoms with van der Waals surface area (Å²) < 4.78 is 0.372. The van der Waals surface area contributed by atoms with Crippen molar-refractivity contribution in [2.24, 2.45) is 0 Å². The minimum atomic E-state index is -0.306. The van der Waals surface area contributed by atoms with E-state index >= 15 is 0 Å². The highest BCUT2D eigenvalue weighted by Crippen LogP contribution is 2.39. The summed E-state index contributed by atoms with van der Waals surface area (Å²) in [6.45, 7) is 3.45. The van der Waals surface area contributed by atoms with Gasteiger partial charge in [0.2, 0.25) is 0 Å². The molecule has 0 aliphatic heterocycles. The molecule has 20 heavy (non-hydrogen) atoms. The van der Waals surface area contributed by atoms with Gasteiger partial charge in [-0.15, -0.1) is 0 Å². The zero-order valence-electron chi connectivity index (χ0n) is 12.1. The highest BCUT2D eigenvalue weighted by Gasteiger charge is 2.32. The molecule has 0 heterocycles. The van der Waals surface area contributed by atoms with Gasteiger partial charge in [0, 0.05) is 29.5 Å². The Labute approximate surface area is 124 Å². The molecule has 1 saturated carbocycles. The fraction of sp³-hybridized carbons (Fsp3) is 0.600. The number of benzene rings is 1. The van der Waals surface area contributed by atoms with Gasteiger partial charge in [0.25, 0.3) is 5.69 Å². The molecule has 1 aliphatic carbocycles. The van der Waals surface area contributed by atoms with Crippen LogP contribution in [-0.4, -0.2) is 22.5 Å². The van der Waals surface area contributed by atoms with E-state index in [-0.39, 0.29) is 10.6 Å². The summed E-state index contributed by atoms with van der Waals surface area (Å²) in [5.41, 5.74) is 1.91. The van der Waals surface area contributed by atoms with E-state index < -0.39 is 0 Å². The van der Waals surface area contributed by atoms with E-state index in [2.05, 4.69) is 11.6 Å². The highest BCUT2D eigenvalue weighted by atomic mass is 32.2. The van der Waals surface area contributed by atoms with Crippen LogP contribution in [0.1, 0.15) is 36.8 Å². The second-order valence-electron chi connectivity index (χ2n) is 5.58. The van der Waals surface area contributed by atoms with Crippen LogP contribution in [0.2, 0.25) is 0 Å². The van der Waals surface area contributed by atoms with E-state index in [4.69, 9.17) is 0 Å². The van der Waals surface area contributed by atoms with Crippen molar-refractivity contribution in [3.8, 4) is 0 Å². The van der Waals surface area contributed by atoms with Crippen LogP contribution >= 0.6 is 11.8 Å². The Morgan fingerprint density at radius 1 is 1.40 bits per heavy atom. The normalized spacial score (nSPS) is 17.3. The van der Waals surface area contributed by atoms with Crippen LogP contribution in [0, 0.1) is 17.0 Å². The third-order valence-electron chi connectivity index (χ3n) is 4.19. The van der Waals surface area contributed by atoms with Crippen molar-refractivity contribution in [3.63, 3.8) is 0 Å². The van der Waals surface area contributed by atoms with E-state index in [1.54, 1.807) is 13.0 Å². The Hall–Kier alpha value is -1.07. The summed E-state index contributed by atoms with van der Waals surface area (Å²) >= 11 is 1.95. The molecule has 0 radical (unpaired) electrons. The van der Waals surface area contributed by atoms with E-state index in [0.29, 0.717) is 11.3 Å². The van der Waals surface area contributed by atoms with E-state index in [1.807, 2.05) is 23.9 Å². The molecule has 0 spiro atoms. The molecule has 4 nitrogen and oxygen atoms in total. The molecule has 1 N–H and O–H groups in total. The second-order valence-corrected chi connectivity index (χ2v) is 6.85. The van der Waals surface area contributed by atoms with Crippen LogP contribution in [0.25, 0.3) is 0 Å². The van der Waals surface area contributed by atoms with Gasteiger partial charge in [0.1, 0.15) is 0 Å². The van der Waals surface area contributed by atoms with Crippen LogP contribution in [0.5, 0.6) is 0 Å². The fourth-order valence-electron chi connectivity index (χ4n) is 2.87. The molecule has 2 rings (SSSR count). The Morgan fingerprint density at radius 2 is 2.10 bits per heavy atom. The lowest BCUT2D eigenvalue weighted by atomic mass is 10.1. The van der Waals surface area contributed by atoms with E-state index in [0.717, 1.165) is 17.7 Å². The first-order valence-corrected chi connectivity index (χ1v) is 8.29. The molecule has 1 fully saturated rings. The molecule has 0 amide bonds. The summed E-state index contributed by atoms with van der Waals surface area (Å²) in [4.78, 5) is 10.6. The first-order valence-electron chi connectivity index (χ1n) is 7.06. The molecule has 5 heteroatoms. The Kier molecular flexibility index (Phi) is 5.05. The van der Waals surface area contributed by atoms with Crippen molar-refractivity contribution in [2.75, 3.05) is 12.8 Å². The lowest BCUT2D eigenvalue weighted by molar-refractivity contribution is -0.385. The molecular weight excluding hydrogens is 272 g/mol. The van der Waals surface area contributed by atoms with Gasteiger partial charge in [0.05, 0.1) is 4.92 Å². The average Bonchev–Trinajstić information content (AvgIpc) is 2.90. The Morgan fingerprint density at radius 3 is 2.70 bits per heavy atom. The lowest BCUT2D eigenvalue weighted by Gasteiger charge is -2.27. The number of hydrogen-bond donors (Lipinski definition) is 1. The van der Waals surface area contributed by atoms with Crippen LogP contribution in [0.3, 0.4) is 0 Å². The number of thioether (sulfide) groups is 1. The number of rotatable bonds is 6. The van der Waals surface area contributed by atoms with Crippen molar-refractivity contribution in [1.82, 2.24) is 5.32 Å². The average molecular weight is 294 g/mol. The smallest absolute Gasteiger partial charge is 0.272 e. The molecular formula is C15H22N2O2S. The molecule has 1 aromatic carbocycles. The molecule has 0 bridgehead atoms. The molecule has 0 atom stereocenters. The van der Waals surface area contributed by atoms with Crippen molar-refractivity contribution in [2.45, 2.75) is 43.9 Å². The molecule has 0 unspecified atom stereocenters. The number of nitro benzene ring substituents is 1. The van der Waals surface area contributed by atoms with Gasteiger partial charge in [-0.3, -0.25) is 10.1 Å². The summed E-state index contributed by atoms with van der Waals surface area (Å²) in [5.74, 6) is 0. The molecule has 0 saturated heterocycles. The molecule has 1 aromatic rings. The fourth-order valence-corrected chi connectivity index (χ4v) is 3.81. The number of aryl methyl sites for hydroxylation is 1. The summed E-state index contributed by atoms with van der Waals surface area (Å²) in [6.07, 6.45) is 7.37. The Bertz CT molecular complexity index is 485. The maximum atomic E-state index is 10.9. The predicted octanol–water partition coefficient (Wildman–Crippen LogP) is 3.67. The predicted molar refractivity (Wildman–Crippen MR) is 84.3 cm³/mol. The number of nitrogens with zero attached hydrogens (tertiary/aromatic N) is 1. The molecule has 0 aromatic heterocycles. The summed E-state index contributed by atoms with van der Waals surface area (Å²) in [7, 11) is 0. The van der Waals surface area contributed by atoms with Gasteiger partial charge in [0.15, 0.2) is 0 Å². The van der Waals surface area contributed by atoms with Crippen molar-refractivity contribution in [3.05, 3.63) is 39.4 Å². The number of nitro groups is 1. The maximum Gasteiger partial charge on any atom is 0.272 e. The Balaban J connectivity index is 1.94. The zero-order chi connectivity index (χ0) is 14.6. The van der Waals surface area contributed by atoms with Gasteiger partial charge in [-0.1, -0.05) is 25.0 Å². The third-order valence-corrected chi connectivity index (χ3v) is 5.61. The quantitative estimate of drug-likeness (QED) is 0.642. The minimum Gasteiger partial charge on any atom is -0.311 e. The molecule has 1 aliphatic rings.